The molecule has 0 amide bonds. The van der Waals surface area contributed by atoms with Crippen LogP contribution in [0.3, 0.4) is 0 Å². The summed E-state index contributed by atoms with van der Waals surface area (Å²) in [5.74, 6) is 0. The first-order valence-corrected chi connectivity index (χ1v) is 6.45. The van der Waals surface area contributed by atoms with E-state index >= 15 is 0 Å². The summed E-state index contributed by atoms with van der Waals surface area (Å²) in [5, 5.41) is 3.57. The van der Waals surface area contributed by atoms with E-state index in [1.807, 2.05) is 0 Å². The molecule has 2 aliphatic rings. The van der Waals surface area contributed by atoms with E-state index in [4.69, 9.17) is 0 Å². The Morgan fingerprint density at radius 3 is 2.40 bits per heavy atom. The van der Waals surface area contributed by atoms with Crippen LogP contribution in [0.1, 0.15) is 46.0 Å². The monoisotopic (exact) mass is 210 g/mol. The first-order valence-electron chi connectivity index (χ1n) is 6.45. The number of hydrogen-bond donors (Lipinski definition) is 1. The topological polar surface area (TPSA) is 15.3 Å². The Kier molecular flexibility index (Phi) is 3.09. The van der Waals surface area contributed by atoms with Gasteiger partial charge in [-0.2, -0.15) is 0 Å². The quantitative estimate of drug-likeness (QED) is 0.768. The molecule has 0 bridgehead atoms. The number of nitrogens with one attached hydrogen (secondary N) is 1. The predicted octanol–water partition coefficient (Wildman–Crippen LogP) is 2.25. The molecule has 0 radical (unpaired) electrons. The third-order valence-electron chi connectivity index (χ3n) is 4.50. The van der Waals surface area contributed by atoms with Crippen molar-refractivity contribution in [2.75, 3.05) is 14.1 Å². The van der Waals surface area contributed by atoms with Crippen LogP contribution in [0.2, 0.25) is 0 Å². The van der Waals surface area contributed by atoms with Crippen molar-refractivity contribution in [3.8, 4) is 0 Å². The number of nitrogens with zero attached hydrogens (tertiary/aromatic N) is 1. The Morgan fingerprint density at radius 1 is 1.20 bits per heavy atom. The SMILES string of the molecule is CNC1C(N(C)C2CC2)CCCC1(C)C. The molecular weight excluding hydrogens is 184 g/mol. The second-order valence-corrected chi connectivity index (χ2v) is 6.11. The lowest BCUT2D eigenvalue weighted by Gasteiger charge is -2.47. The average molecular weight is 210 g/mol. The van der Waals surface area contributed by atoms with Crippen LogP contribution in [-0.4, -0.2) is 37.1 Å². The van der Waals surface area contributed by atoms with E-state index in [0.717, 1.165) is 12.1 Å². The molecule has 2 aliphatic carbocycles. The molecule has 1 N–H and O–H groups in total. The Morgan fingerprint density at radius 2 is 1.87 bits per heavy atom. The maximum absolute atomic E-state index is 3.57. The number of rotatable bonds is 3. The fraction of sp³-hybridized carbons (Fsp3) is 1.00. The molecule has 0 spiro atoms. The zero-order chi connectivity index (χ0) is 11.1. The van der Waals surface area contributed by atoms with Crippen LogP contribution in [0.5, 0.6) is 0 Å². The van der Waals surface area contributed by atoms with Crippen LogP contribution in [0.15, 0.2) is 0 Å². The summed E-state index contributed by atoms with van der Waals surface area (Å²) in [4.78, 5) is 2.64. The van der Waals surface area contributed by atoms with E-state index in [2.05, 4.69) is 38.2 Å². The Bertz CT molecular complexity index is 221. The smallest absolute Gasteiger partial charge is 0.0271 e. The molecule has 2 rings (SSSR count). The largest absolute Gasteiger partial charge is 0.315 e. The minimum atomic E-state index is 0.459. The first-order chi connectivity index (χ1) is 7.06. The molecule has 0 aromatic heterocycles. The van der Waals surface area contributed by atoms with Gasteiger partial charge in [0.15, 0.2) is 0 Å². The normalized spacial score (nSPS) is 35.8. The van der Waals surface area contributed by atoms with Crippen molar-refractivity contribution in [3.63, 3.8) is 0 Å². The van der Waals surface area contributed by atoms with Crippen LogP contribution in [-0.2, 0) is 0 Å². The zero-order valence-electron chi connectivity index (χ0n) is 10.7. The second kappa shape index (κ2) is 4.06. The van der Waals surface area contributed by atoms with Crippen molar-refractivity contribution in [1.82, 2.24) is 10.2 Å². The molecule has 2 nitrogen and oxygen atoms in total. The van der Waals surface area contributed by atoms with Gasteiger partial charge in [0, 0.05) is 18.1 Å². The zero-order valence-corrected chi connectivity index (χ0v) is 10.7. The third kappa shape index (κ3) is 2.21. The van der Waals surface area contributed by atoms with Crippen LogP contribution in [0, 0.1) is 5.41 Å². The lowest BCUT2D eigenvalue weighted by atomic mass is 9.70. The Balaban J connectivity index is 2.07. The van der Waals surface area contributed by atoms with Gasteiger partial charge in [0.1, 0.15) is 0 Å². The second-order valence-electron chi connectivity index (χ2n) is 6.11. The van der Waals surface area contributed by atoms with Gasteiger partial charge in [-0.05, 0) is 45.2 Å². The van der Waals surface area contributed by atoms with Gasteiger partial charge in [-0.3, -0.25) is 4.90 Å². The molecule has 88 valence electrons. The molecule has 2 fully saturated rings. The Hall–Kier alpha value is -0.0800. The maximum atomic E-state index is 3.57. The van der Waals surface area contributed by atoms with Crippen molar-refractivity contribution in [3.05, 3.63) is 0 Å². The summed E-state index contributed by atoms with van der Waals surface area (Å²) in [6.07, 6.45) is 6.98. The summed E-state index contributed by atoms with van der Waals surface area (Å²) in [6, 6.07) is 2.31. The van der Waals surface area contributed by atoms with Gasteiger partial charge in [-0.15, -0.1) is 0 Å². The average Bonchev–Trinajstić information content (AvgIpc) is 2.98. The molecule has 0 aliphatic heterocycles. The summed E-state index contributed by atoms with van der Waals surface area (Å²) in [7, 11) is 4.46. The molecule has 2 saturated carbocycles. The summed E-state index contributed by atoms with van der Waals surface area (Å²) in [5.41, 5.74) is 0.459. The molecule has 0 aromatic carbocycles. The standard InChI is InChI=1S/C13H26N2/c1-13(2)9-5-6-11(12(13)14-3)15(4)10-7-8-10/h10-12,14H,5-9H2,1-4H3. The van der Waals surface area contributed by atoms with Crippen molar-refractivity contribution >= 4 is 0 Å². The van der Waals surface area contributed by atoms with Gasteiger partial charge in [0.2, 0.25) is 0 Å². The van der Waals surface area contributed by atoms with Gasteiger partial charge in [0.25, 0.3) is 0 Å². The van der Waals surface area contributed by atoms with E-state index in [9.17, 15) is 0 Å². The summed E-state index contributed by atoms with van der Waals surface area (Å²) < 4.78 is 0. The van der Waals surface area contributed by atoms with Crippen LogP contribution < -0.4 is 5.32 Å². The van der Waals surface area contributed by atoms with Crippen LogP contribution >= 0.6 is 0 Å². The van der Waals surface area contributed by atoms with E-state index in [1.165, 1.54) is 32.1 Å². The van der Waals surface area contributed by atoms with Crippen molar-refractivity contribution in [2.24, 2.45) is 5.41 Å². The van der Waals surface area contributed by atoms with Gasteiger partial charge in [0.05, 0.1) is 0 Å². The van der Waals surface area contributed by atoms with Gasteiger partial charge in [-0.1, -0.05) is 20.3 Å². The highest BCUT2D eigenvalue weighted by Gasteiger charge is 2.42. The molecule has 15 heavy (non-hydrogen) atoms. The maximum Gasteiger partial charge on any atom is 0.0271 e. The summed E-state index contributed by atoms with van der Waals surface area (Å²) in [6.45, 7) is 4.84. The van der Waals surface area contributed by atoms with Gasteiger partial charge < -0.3 is 5.32 Å². The highest BCUT2D eigenvalue weighted by molar-refractivity contribution is 5.00. The van der Waals surface area contributed by atoms with Crippen molar-refractivity contribution < 1.29 is 0 Å². The van der Waals surface area contributed by atoms with E-state index in [0.29, 0.717) is 11.5 Å². The van der Waals surface area contributed by atoms with Crippen LogP contribution in [0.4, 0.5) is 0 Å². The van der Waals surface area contributed by atoms with E-state index in [1.54, 1.807) is 0 Å². The minimum absolute atomic E-state index is 0.459. The predicted molar refractivity (Wildman–Crippen MR) is 65.1 cm³/mol. The number of likely N-dealkylation sites (N-methyl/N-ethyl adjacent to an activating group) is 2. The van der Waals surface area contributed by atoms with Crippen molar-refractivity contribution in [1.29, 1.82) is 0 Å². The highest BCUT2D eigenvalue weighted by atomic mass is 15.2. The molecule has 0 heterocycles. The highest BCUT2D eigenvalue weighted by Crippen LogP contribution is 2.40. The lowest BCUT2D eigenvalue weighted by Crippen LogP contribution is -2.57. The van der Waals surface area contributed by atoms with Crippen LogP contribution in [0.25, 0.3) is 0 Å². The third-order valence-corrected chi connectivity index (χ3v) is 4.50. The Labute approximate surface area is 94.4 Å². The molecule has 0 aromatic rings. The van der Waals surface area contributed by atoms with E-state index < -0.39 is 0 Å². The molecule has 2 atom stereocenters. The lowest BCUT2D eigenvalue weighted by molar-refractivity contribution is 0.0630. The molecular formula is C13H26N2. The first kappa shape index (κ1) is 11.4. The molecule has 0 saturated heterocycles. The van der Waals surface area contributed by atoms with Gasteiger partial charge in [-0.25, -0.2) is 0 Å². The fourth-order valence-electron chi connectivity index (χ4n) is 3.38. The summed E-state index contributed by atoms with van der Waals surface area (Å²) >= 11 is 0. The van der Waals surface area contributed by atoms with Crippen molar-refractivity contribution in [2.45, 2.75) is 64.1 Å². The fourth-order valence-corrected chi connectivity index (χ4v) is 3.38. The minimum Gasteiger partial charge on any atom is -0.315 e. The van der Waals surface area contributed by atoms with Gasteiger partial charge >= 0.3 is 0 Å². The van der Waals surface area contributed by atoms with E-state index in [-0.39, 0.29) is 0 Å². The number of hydrogen-bond acceptors (Lipinski definition) is 2. The molecule has 2 heteroatoms. The molecule has 2 unspecified atom stereocenters.